The minimum atomic E-state index is -0.136. The lowest BCUT2D eigenvalue weighted by Gasteiger charge is -2.13. The van der Waals surface area contributed by atoms with Crippen LogP contribution in [0.15, 0.2) is 42.0 Å². The molecule has 1 N–H and O–H groups in total. The molecule has 0 saturated heterocycles. The van der Waals surface area contributed by atoms with E-state index in [9.17, 15) is 4.79 Å². The Labute approximate surface area is 155 Å². The molecule has 0 fully saturated rings. The van der Waals surface area contributed by atoms with E-state index in [1.54, 1.807) is 32.7 Å². The summed E-state index contributed by atoms with van der Waals surface area (Å²) in [5, 5.41) is 5.65. The zero-order valence-electron chi connectivity index (χ0n) is 14.8. The number of aryl methyl sites for hydroxylation is 1. The van der Waals surface area contributed by atoms with Gasteiger partial charge >= 0.3 is 0 Å². The fourth-order valence-electron chi connectivity index (χ4n) is 2.48. The van der Waals surface area contributed by atoms with Gasteiger partial charge in [0.05, 0.1) is 26.3 Å². The summed E-state index contributed by atoms with van der Waals surface area (Å²) in [5.41, 5.74) is 3.25. The molecular weight excluding hydrogens is 350 g/mol. The lowest BCUT2D eigenvalue weighted by molar-refractivity contribution is -0.115. The summed E-state index contributed by atoms with van der Waals surface area (Å²) in [7, 11) is 3.14. The Balaban J connectivity index is 1.71. The van der Waals surface area contributed by atoms with Crippen LogP contribution in [0.2, 0.25) is 0 Å². The van der Waals surface area contributed by atoms with Crippen molar-refractivity contribution in [2.75, 3.05) is 19.5 Å². The first-order chi connectivity index (χ1) is 12.6. The average Bonchev–Trinajstić information content (AvgIpc) is 3.12. The molecule has 1 aromatic carbocycles. The van der Waals surface area contributed by atoms with Gasteiger partial charge in [-0.25, -0.2) is 4.98 Å². The number of hydrogen-bond acceptors (Lipinski definition) is 6. The Morgan fingerprint density at radius 2 is 2.00 bits per heavy atom. The van der Waals surface area contributed by atoms with Crippen molar-refractivity contribution < 1.29 is 14.3 Å². The third kappa shape index (κ3) is 4.00. The molecule has 2 heterocycles. The molecule has 0 aliphatic carbocycles. The first kappa shape index (κ1) is 17.9. The molecule has 26 heavy (non-hydrogen) atoms. The molecule has 134 valence electrons. The smallest absolute Gasteiger partial charge is 0.230 e. The molecule has 0 aliphatic heterocycles. The SMILES string of the molecule is COc1cc(C)c(NC(=O)Cc2csc(-c3cccnc3)n2)cc1OC. The van der Waals surface area contributed by atoms with Crippen molar-refractivity contribution in [2.45, 2.75) is 13.3 Å². The Morgan fingerprint density at radius 3 is 2.69 bits per heavy atom. The molecule has 0 radical (unpaired) electrons. The maximum atomic E-state index is 12.4. The number of carbonyl (C=O) groups excluding carboxylic acids is 1. The summed E-state index contributed by atoms with van der Waals surface area (Å²) < 4.78 is 10.6. The molecule has 0 aliphatic rings. The molecular formula is C19H19N3O3S. The molecule has 1 amide bonds. The van der Waals surface area contributed by atoms with Crippen LogP contribution in [-0.2, 0) is 11.2 Å². The number of rotatable bonds is 6. The van der Waals surface area contributed by atoms with E-state index in [4.69, 9.17) is 9.47 Å². The van der Waals surface area contributed by atoms with Gasteiger partial charge in [-0.3, -0.25) is 9.78 Å². The number of ether oxygens (including phenoxy) is 2. The summed E-state index contributed by atoms with van der Waals surface area (Å²) in [4.78, 5) is 21.0. The van der Waals surface area contributed by atoms with Gasteiger partial charge in [0, 0.05) is 35.1 Å². The predicted molar refractivity (Wildman–Crippen MR) is 102 cm³/mol. The fraction of sp³-hybridized carbons (Fsp3) is 0.211. The van der Waals surface area contributed by atoms with Crippen LogP contribution in [0, 0.1) is 6.92 Å². The molecule has 7 heteroatoms. The van der Waals surface area contributed by atoms with Crippen molar-refractivity contribution in [3.8, 4) is 22.1 Å². The first-order valence-corrected chi connectivity index (χ1v) is 8.86. The molecule has 0 atom stereocenters. The van der Waals surface area contributed by atoms with Crippen LogP contribution in [0.5, 0.6) is 11.5 Å². The highest BCUT2D eigenvalue weighted by Gasteiger charge is 2.13. The van der Waals surface area contributed by atoms with E-state index in [0.717, 1.165) is 21.8 Å². The van der Waals surface area contributed by atoms with Crippen LogP contribution in [0.1, 0.15) is 11.3 Å². The number of anilines is 1. The van der Waals surface area contributed by atoms with E-state index in [1.807, 2.05) is 30.5 Å². The van der Waals surface area contributed by atoms with Gasteiger partial charge in [0.2, 0.25) is 5.91 Å². The van der Waals surface area contributed by atoms with Gasteiger partial charge in [-0.2, -0.15) is 0 Å². The average molecular weight is 369 g/mol. The van der Waals surface area contributed by atoms with Crippen LogP contribution >= 0.6 is 11.3 Å². The summed E-state index contributed by atoms with van der Waals surface area (Å²) in [6.45, 7) is 1.90. The van der Waals surface area contributed by atoms with E-state index in [0.29, 0.717) is 17.2 Å². The Kier molecular flexibility index (Phi) is 5.48. The predicted octanol–water partition coefficient (Wildman–Crippen LogP) is 3.71. The number of methoxy groups -OCH3 is 2. The van der Waals surface area contributed by atoms with Crippen molar-refractivity contribution >= 4 is 22.9 Å². The number of thiazole rings is 1. The third-order valence-corrected chi connectivity index (χ3v) is 4.75. The van der Waals surface area contributed by atoms with E-state index in [-0.39, 0.29) is 12.3 Å². The summed E-state index contributed by atoms with van der Waals surface area (Å²) in [5.74, 6) is 1.06. The standard InChI is InChI=1S/C19H19N3O3S/c1-12-7-16(24-2)17(25-3)9-15(12)22-18(23)8-14-11-26-19(21-14)13-5-4-6-20-10-13/h4-7,9-11H,8H2,1-3H3,(H,22,23). The fourth-order valence-corrected chi connectivity index (χ4v) is 3.29. The van der Waals surface area contributed by atoms with Gasteiger partial charge in [-0.15, -0.1) is 11.3 Å². The van der Waals surface area contributed by atoms with E-state index < -0.39 is 0 Å². The van der Waals surface area contributed by atoms with Crippen LogP contribution in [-0.4, -0.2) is 30.1 Å². The second-order valence-electron chi connectivity index (χ2n) is 5.63. The molecule has 0 unspecified atom stereocenters. The quantitative estimate of drug-likeness (QED) is 0.717. The van der Waals surface area contributed by atoms with Gasteiger partial charge < -0.3 is 14.8 Å². The summed E-state index contributed by atoms with van der Waals surface area (Å²) in [6.07, 6.45) is 3.68. The lowest BCUT2D eigenvalue weighted by Crippen LogP contribution is -2.15. The van der Waals surface area contributed by atoms with Crippen molar-refractivity contribution in [1.82, 2.24) is 9.97 Å². The highest BCUT2D eigenvalue weighted by molar-refractivity contribution is 7.13. The first-order valence-electron chi connectivity index (χ1n) is 7.98. The monoisotopic (exact) mass is 369 g/mol. The van der Waals surface area contributed by atoms with Gasteiger partial charge in [-0.05, 0) is 30.7 Å². The molecule has 6 nitrogen and oxygen atoms in total. The number of amides is 1. The topological polar surface area (TPSA) is 73.3 Å². The zero-order chi connectivity index (χ0) is 18.5. The van der Waals surface area contributed by atoms with Gasteiger partial charge in [-0.1, -0.05) is 0 Å². The van der Waals surface area contributed by atoms with Gasteiger partial charge in [0.15, 0.2) is 11.5 Å². The van der Waals surface area contributed by atoms with Crippen molar-refractivity contribution in [3.63, 3.8) is 0 Å². The molecule has 2 aromatic heterocycles. The number of aromatic nitrogens is 2. The van der Waals surface area contributed by atoms with Crippen molar-refractivity contribution in [3.05, 3.63) is 53.3 Å². The van der Waals surface area contributed by atoms with Crippen LogP contribution < -0.4 is 14.8 Å². The molecule has 0 saturated carbocycles. The summed E-state index contributed by atoms with van der Waals surface area (Å²) >= 11 is 1.50. The lowest BCUT2D eigenvalue weighted by atomic mass is 10.1. The highest BCUT2D eigenvalue weighted by Crippen LogP contribution is 2.33. The normalized spacial score (nSPS) is 10.4. The minimum absolute atomic E-state index is 0.136. The van der Waals surface area contributed by atoms with Crippen LogP contribution in [0.25, 0.3) is 10.6 Å². The van der Waals surface area contributed by atoms with E-state index in [1.165, 1.54) is 11.3 Å². The molecule has 0 bridgehead atoms. The van der Waals surface area contributed by atoms with Crippen molar-refractivity contribution in [2.24, 2.45) is 0 Å². The maximum absolute atomic E-state index is 12.4. The number of pyridine rings is 1. The summed E-state index contributed by atoms with van der Waals surface area (Å²) in [6, 6.07) is 7.40. The molecule has 3 rings (SSSR count). The number of benzene rings is 1. The third-order valence-electron chi connectivity index (χ3n) is 3.81. The Hall–Kier alpha value is -2.93. The number of carbonyl (C=O) groups is 1. The Morgan fingerprint density at radius 1 is 1.23 bits per heavy atom. The maximum Gasteiger partial charge on any atom is 0.230 e. The number of hydrogen-bond donors (Lipinski definition) is 1. The van der Waals surface area contributed by atoms with Gasteiger partial charge in [0.25, 0.3) is 0 Å². The second kappa shape index (κ2) is 7.97. The zero-order valence-corrected chi connectivity index (χ0v) is 15.6. The minimum Gasteiger partial charge on any atom is -0.493 e. The van der Waals surface area contributed by atoms with E-state index in [2.05, 4.69) is 15.3 Å². The highest BCUT2D eigenvalue weighted by atomic mass is 32.1. The molecule has 3 aromatic rings. The molecule has 0 spiro atoms. The van der Waals surface area contributed by atoms with Crippen molar-refractivity contribution in [1.29, 1.82) is 0 Å². The largest absolute Gasteiger partial charge is 0.493 e. The van der Waals surface area contributed by atoms with Crippen LogP contribution in [0.4, 0.5) is 5.69 Å². The second-order valence-corrected chi connectivity index (χ2v) is 6.49. The van der Waals surface area contributed by atoms with Gasteiger partial charge in [0.1, 0.15) is 5.01 Å². The van der Waals surface area contributed by atoms with Crippen LogP contribution in [0.3, 0.4) is 0 Å². The number of nitrogens with zero attached hydrogens (tertiary/aromatic N) is 2. The Bertz CT molecular complexity index is 910. The van der Waals surface area contributed by atoms with E-state index >= 15 is 0 Å². The number of nitrogens with one attached hydrogen (secondary N) is 1.